The lowest BCUT2D eigenvalue weighted by Crippen LogP contribution is -1.86. The second-order valence-corrected chi connectivity index (χ2v) is 3.97. The molecule has 0 radical (unpaired) electrons. The van der Waals surface area contributed by atoms with Crippen molar-refractivity contribution in [1.82, 2.24) is 4.98 Å². The molecule has 0 N–H and O–H groups in total. The van der Waals surface area contributed by atoms with Gasteiger partial charge in [0.15, 0.2) is 0 Å². The van der Waals surface area contributed by atoms with Crippen LogP contribution in [0.5, 0.6) is 0 Å². The van der Waals surface area contributed by atoms with Crippen LogP contribution in [0.2, 0.25) is 10.0 Å². The number of rotatable bonds is 1. The van der Waals surface area contributed by atoms with E-state index < -0.39 is 0 Å². The second kappa shape index (κ2) is 3.93. The molecule has 4 heteroatoms. The van der Waals surface area contributed by atoms with E-state index in [0.717, 1.165) is 16.5 Å². The van der Waals surface area contributed by atoms with Gasteiger partial charge in [-0.15, -0.1) is 11.6 Å². The molecule has 0 fully saturated rings. The molecule has 72 valence electrons. The van der Waals surface area contributed by atoms with E-state index >= 15 is 0 Å². The van der Waals surface area contributed by atoms with Crippen LogP contribution in [0.15, 0.2) is 24.4 Å². The number of nitrogens with zero attached hydrogens (tertiary/aromatic N) is 1. The van der Waals surface area contributed by atoms with Gasteiger partial charge >= 0.3 is 0 Å². The van der Waals surface area contributed by atoms with Gasteiger partial charge in [0, 0.05) is 22.2 Å². The molecule has 0 aliphatic rings. The Kier molecular flexibility index (Phi) is 2.82. The van der Waals surface area contributed by atoms with Crippen molar-refractivity contribution < 1.29 is 0 Å². The Morgan fingerprint density at radius 3 is 2.71 bits per heavy atom. The van der Waals surface area contributed by atoms with Crippen molar-refractivity contribution in [3.8, 4) is 0 Å². The number of halogens is 3. The molecule has 14 heavy (non-hydrogen) atoms. The van der Waals surface area contributed by atoms with E-state index in [9.17, 15) is 0 Å². The highest BCUT2D eigenvalue weighted by molar-refractivity contribution is 6.37. The molecule has 0 amide bonds. The lowest BCUT2D eigenvalue weighted by Gasteiger charge is -2.04. The normalized spacial score (nSPS) is 10.8. The molecule has 1 nitrogen and oxygen atoms in total. The molecule has 0 atom stereocenters. The third-order valence-corrected chi connectivity index (χ3v) is 2.95. The number of benzene rings is 1. The maximum atomic E-state index is 6.13. The van der Waals surface area contributed by atoms with Crippen molar-refractivity contribution in [1.29, 1.82) is 0 Å². The molecule has 0 spiro atoms. The molecule has 1 heterocycles. The fourth-order valence-corrected chi connectivity index (χ4v) is 1.98. The minimum Gasteiger partial charge on any atom is -0.256 e. The molecular formula is C10H6Cl3N. The Morgan fingerprint density at radius 1 is 1.21 bits per heavy atom. The molecule has 2 aromatic rings. The molecular weight excluding hydrogens is 240 g/mol. The highest BCUT2D eigenvalue weighted by atomic mass is 35.5. The average Bonchev–Trinajstić information content (AvgIpc) is 2.18. The van der Waals surface area contributed by atoms with E-state index in [1.165, 1.54) is 0 Å². The van der Waals surface area contributed by atoms with Crippen LogP contribution in [0.4, 0.5) is 0 Å². The quantitative estimate of drug-likeness (QED) is 0.684. The second-order valence-electron chi connectivity index (χ2n) is 2.89. The van der Waals surface area contributed by atoms with E-state index in [1.807, 2.05) is 6.07 Å². The van der Waals surface area contributed by atoms with E-state index in [0.29, 0.717) is 15.9 Å². The lowest BCUT2D eigenvalue weighted by atomic mass is 10.2. The summed E-state index contributed by atoms with van der Waals surface area (Å²) in [7, 11) is 0. The summed E-state index contributed by atoms with van der Waals surface area (Å²) in [6, 6.07) is 5.42. The van der Waals surface area contributed by atoms with Crippen LogP contribution in [-0.2, 0) is 5.88 Å². The fourth-order valence-electron chi connectivity index (χ4n) is 1.27. The zero-order valence-corrected chi connectivity index (χ0v) is 9.37. The number of fused-ring (bicyclic) bond motifs is 1. The zero-order valence-electron chi connectivity index (χ0n) is 7.10. The van der Waals surface area contributed by atoms with Gasteiger partial charge in [-0.3, -0.25) is 4.98 Å². The van der Waals surface area contributed by atoms with Gasteiger partial charge in [0.05, 0.1) is 16.4 Å². The van der Waals surface area contributed by atoms with Crippen LogP contribution in [0.3, 0.4) is 0 Å². The Labute approximate surface area is 96.6 Å². The maximum absolute atomic E-state index is 6.13. The first-order valence-corrected chi connectivity index (χ1v) is 5.30. The highest BCUT2D eigenvalue weighted by Crippen LogP contribution is 2.28. The summed E-state index contributed by atoms with van der Waals surface area (Å²) in [6.45, 7) is 0. The standard InChI is InChI=1S/C10H6Cl3N/c11-4-6-5-14-9-3-7(12)1-2-8(9)10(6)13/h1-3,5H,4H2. The van der Waals surface area contributed by atoms with Gasteiger partial charge in [0.25, 0.3) is 0 Å². The number of hydrogen-bond acceptors (Lipinski definition) is 1. The van der Waals surface area contributed by atoms with Gasteiger partial charge in [0.2, 0.25) is 0 Å². The molecule has 1 aromatic carbocycles. The SMILES string of the molecule is ClCc1cnc2cc(Cl)ccc2c1Cl. The van der Waals surface area contributed by atoms with Crippen LogP contribution >= 0.6 is 34.8 Å². The smallest absolute Gasteiger partial charge is 0.0731 e. The molecule has 0 saturated carbocycles. The molecule has 2 rings (SSSR count). The minimum atomic E-state index is 0.365. The Bertz CT molecular complexity index is 482. The highest BCUT2D eigenvalue weighted by Gasteiger charge is 2.05. The first kappa shape index (κ1) is 10.0. The van der Waals surface area contributed by atoms with Crippen LogP contribution in [0.25, 0.3) is 10.9 Å². The molecule has 0 saturated heterocycles. The number of aromatic nitrogens is 1. The maximum Gasteiger partial charge on any atom is 0.0731 e. The largest absolute Gasteiger partial charge is 0.256 e. The predicted molar refractivity (Wildman–Crippen MR) is 61.3 cm³/mol. The fraction of sp³-hybridized carbons (Fsp3) is 0.100. The topological polar surface area (TPSA) is 12.9 Å². The third-order valence-electron chi connectivity index (χ3n) is 1.98. The van der Waals surface area contributed by atoms with Crippen molar-refractivity contribution in [2.24, 2.45) is 0 Å². The number of pyridine rings is 1. The zero-order chi connectivity index (χ0) is 10.1. The van der Waals surface area contributed by atoms with Crippen molar-refractivity contribution in [3.05, 3.63) is 40.0 Å². The van der Waals surface area contributed by atoms with Gasteiger partial charge in [-0.05, 0) is 18.2 Å². The third kappa shape index (κ3) is 1.68. The molecule has 0 unspecified atom stereocenters. The first-order valence-electron chi connectivity index (χ1n) is 4.01. The summed E-state index contributed by atoms with van der Waals surface area (Å²) >= 11 is 17.7. The molecule has 0 aliphatic carbocycles. The molecule has 0 bridgehead atoms. The predicted octanol–water partition coefficient (Wildman–Crippen LogP) is 4.28. The van der Waals surface area contributed by atoms with Crippen LogP contribution in [-0.4, -0.2) is 4.98 Å². The number of alkyl halides is 1. The number of hydrogen-bond donors (Lipinski definition) is 0. The summed E-state index contributed by atoms with van der Waals surface area (Å²) in [6.07, 6.45) is 1.67. The monoisotopic (exact) mass is 245 g/mol. The van der Waals surface area contributed by atoms with Crippen LogP contribution in [0.1, 0.15) is 5.56 Å². The Hall–Kier alpha value is -0.500. The van der Waals surface area contributed by atoms with E-state index in [2.05, 4.69) is 4.98 Å². The minimum absolute atomic E-state index is 0.365. The summed E-state index contributed by atoms with van der Waals surface area (Å²) in [5.41, 5.74) is 1.62. The van der Waals surface area contributed by atoms with Crippen LogP contribution < -0.4 is 0 Å². The average molecular weight is 247 g/mol. The Morgan fingerprint density at radius 2 is 2.00 bits per heavy atom. The Balaban J connectivity index is 2.77. The van der Waals surface area contributed by atoms with Crippen molar-refractivity contribution in [2.45, 2.75) is 5.88 Å². The van der Waals surface area contributed by atoms with Gasteiger partial charge in [0.1, 0.15) is 0 Å². The molecule has 1 aromatic heterocycles. The summed E-state index contributed by atoms with van der Waals surface area (Å²) in [5.74, 6) is 0.365. The van der Waals surface area contributed by atoms with Gasteiger partial charge in [-0.1, -0.05) is 23.2 Å². The van der Waals surface area contributed by atoms with Gasteiger partial charge < -0.3 is 0 Å². The summed E-state index contributed by atoms with van der Waals surface area (Å²) in [4.78, 5) is 4.22. The summed E-state index contributed by atoms with van der Waals surface area (Å²) in [5, 5.41) is 2.19. The van der Waals surface area contributed by atoms with Crippen molar-refractivity contribution >= 4 is 45.7 Å². The van der Waals surface area contributed by atoms with Crippen molar-refractivity contribution in [2.75, 3.05) is 0 Å². The van der Waals surface area contributed by atoms with Crippen LogP contribution in [0, 0.1) is 0 Å². The van der Waals surface area contributed by atoms with Gasteiger partial charge in [-0.2, -0.15) is 0 Å². The first-order chi connectivity index (χ1) is 6.72. The van der Waals surface area contributed by atoms with E-state index in [1.54, 1.807) is 18.3 Å². The van der Waals surface area contributed by atoms with Gasteiger partial charge in [-0.25, -0.2) is 0 Å². The van der Waals surface area contributed by atoms with Crippen molar-refractivity contribution in [3.63, 3.8) is 0 Å². The van der Waals surface area contributed by atoms with E-state index in [4.69, 9.17) is 34.8 Å². The molecule has 0 aliphatic heterocycles. The summed E-state index contributed by atoms with van der Waals surface area (Å²) < 4.78 is 0. The lowest BCUT2D eigenvalue weighted by molar-refractivity contribution is 1.30. The van der Waals surface area contributed by atoms with E-state index in [-0.39, 0.29) is 0 Å².